The Kier molecular flexibility index (Phi) is 6.21. The summed E-state index contributed by atoms with van der Waals surface area (Å²) in [4.78, 5) is 12.1. The number of Topliss-reactive ketones (excluding diaryl/α,β-unsaturated/α-hetero) is 1. The highest BCUT2D eigenvalue weighted by Crippen LogP contribution is 2.38. The van der Waals surface area contributed by atoms with E-state index in [1.54, 1.807) is 6.07 Å². The van der Waals surface area contributed by atoms with Crippen LogP contribution < -0.4 is 5.32 Å². The van der Waals surface area contributed by atoms with Gasteiger partial charge in [0.05, 0.1) is 17.2 Å². The Hall–Kier alpha value is -2.42. The quantitative estimate of drug-likeness (QED) is 0.623. The van der Waals surface area contributed by atoms with E-state index in [1.165, 1.54) is 18.2 Å². The molecule has 1 aliphatic heterocycles. The van der Waals surface area contributed by atoms with Crippen molar-refractivity contribution in [2.24, 2.45) is 0 Å². The average Bonchev–Trinajstić information content (AvgIpc) is 3.11. The molecule has 9 heteroatoms. The fourth-order valence-corrected chi connectivity index (χ4v) is 3.41. The lowest BCUT2D eigenvalue weighted by molar-refractivity contribution is -0.143. The van der Waals surface area contributed by atoms with Gasteiger partial charge in [0.2, 0.25) is 0 Å². The first kappa shape index (κ1) is 22.3. The van der Waals surface area contributed by atoms with Crippen molar-refractivity contribution in [1.82, 2.24) is 5.32 Å². The summed E-state index contributed by atoms with van der Waals surface area (Å²) >= 11 is 0. The van der Waals surface area contributed by atoms with Gasteiger partial charge in [0.15, 0.2) is 0 Å². The SMILES string of the molecule is O=C(CCc1cccc(-c2cc(C(F)(F)F)cc(C(F)(F)F)c2)c1)[C@@H]1C[C@H](F)CN1. The van der Waals surface area contributed by atoms with E-state index in [0.717, 1.165) is 0 Å². The summed E-state index contributed by atoms with van der Waals surface area (Å²) in [6, 6.07) is 6.87. The van der Waals surface area contributed by atoms with Crippen molar-refractivity contribution in [3.63, 3.8) is 0 Å². The maximum absolute atomic E-state index is 13.2. The molecule has 1 aliphatic rings. The van der Waals surface area contributed by atoms with Gasteiger partial charge in [-0.3, -0.25) is 4.79 Å². The molecule has 30 heavy (non-hydrogen) atoms. The molecule has 0 unspecified atom stereocenters. The second-order valence-electron chi connectivity index (χ2n) is 7.26. The van der Waals surface area contributed by atoms with Crippen LogP contribution in [0.3, 0.4) is 0 Å². The van der Waals surface area contributed by atoms with Gasteiger partial charge in [-0.15, -0.1) is 0 Å². The van der Waals surface area contributed by atoms with Crippen LogP contribution in [0.2, 0.25) is 0 Å². The molecule has 3 rings (SSSR count). The first-order valence-corrected chi connectivity index (χ1v) is 9.22. The van der Waals surface area contributed by atoms with E-state index >= 15 is 0 Å². The third-order valence-electron chi connectivity index (χ3n) is 4.97. The number of halogens is 7. The van der Waals surface area contributed by atoms with Gasteiger partial charge < -0.3 is 5.32 Å². The Balaban J connectivity index is 1.83. The molecule has 0 aliphatic carbocycles. The molecule has 2 aromatic carbocycles. The Labute approximate surface area is 168 Å². The molecule has 0 saturated carbocycles. The van der Waals surface area contributed by atoms with Gasteiger partial charge in [-0.25, -0.2) is 4.39 Å². The lowest BCUT2D eigenvalue weighted by atomic mass is 9.96. The minimum absolute atomic E-state index is 0.0821. The number of aryl methyl sites for hydroxylation is 1. The lowest BCUT2D eigenvalue weighted by Gasteiger charge is -2.15. The Morgan fingerprint density at radius 3 is 2.10 bits per heavy atom. The molecule has 0 radical (unpaired) electrons. The van der Waals surface area contributed by atoms with Crippen molar-refractivity contribution in [2.75, 3.05) is 6.54 Å². The molecule has 2 atom stereocenters. The van der Waals surface area contributed by atoms with Crippen LogP contribution in [0.5, 0.6) is 0 Å². The highest BCUT2D eigenvalue weighted by atomic mass is 19.4. The summed E-state index contributed by atoms with van der Waals surface area (Å²) in [5, 5.41) is 2.78. The minimum Gasteiger partial charge on any atom is -0.304 e. The molecule has 162 valence electrons. The molecule has 1 saturated heterocycles. The highest BCUT2D eigenvalue weighted by Gasteiger charge is 2.37. The van der Waals surface area contributed by atoms with Crippen molar-refractivity contribution in [1.29, 1.82) is 0 Å². The van der Waals surface area contributed by atoms with E-state index in [1.807, 2.05) is 0 Å². The van der Waals surface area contributed by atoms with Crippen LogP contribution in [0.15, 0.2) is 42.5 Å². The number of hydrogen-bond donors (Lipinski definition) is 1. The smallest absolute Gasteiger partial charge is 0.304 e. The topological polar surface area (TPSA) is 29.1 Å². The zero-order chi connectivity index (χ0) is 22.1. The largest absolute Gasteiger partial charge is 0.416 e. The van der Waals surface area contributed by atoms with Crippen molar-refractivity contribution < 1.29 is 35.5 Å². The van der Waals surface area contributed by atoms with E-state index in [0.29, 0.717) is 17.7 Å². The summed E-state index contributed by atoms with van der Waals surface area (Å²) in [5.74, 6) is -0.182. The number of alkyl halides is 7. The van der Waals surface area contributed by atoms with Crippen LogP contribution in [0.1, 0.15) is 29.5 Å². The highest BCUT2D eigenvalue weighted by molar-refractivity contribution is 5.84. The number of nitrogens with one attached hydrogen (secondary N) is 1. The van der Waals surface area contributed by atoms with Gasteiger partial charge >= 0.3 is 12.4 Å². The first-order valence-electron chi connectivity index (χ1n) is 9.22. The number of benzene rings is 2. The summed E-state index contributed by atoms with van der Waals surface area (Å²) < 4.78 is 91.7. The van der Waals surface area contributed by atoms with Crippen LogP contribution in [0.4, 0.5) is 30.7 Å². The average molecular weight is 433 g/mol. The molecule has 0 spiro atoms. The minimum atomic E-state index is -4.93. The molecule has 2 nitrogen and oxygen atoms in total. The van der Waals surface area contributed by atoms with Crippen LogP contribution in [0.25, 0.3) is 11.1 Å². The molecule has 1 heterocycles. The number of hydrogen-bond acceptors (Lipinski definition) is 2. The fourth-order valence-electron chi connectivity index (χ4n) is 3.41. The van der Waals surface area contributed by atoms with E-state index in [9.17, 15) is 35.5 Å². The van der Waals surface area contributed by atoms with Crippen molar-refractivity contribution in [2.45, 2.75) is 43.8 Å². The fraction of sp³-hybridized carbons (Fsp3) is 0.381. The summed E-state index contributed by atoms with van der Waals surface area (Å²) in [6.07, 6.45) is -10.5. The number of ketones is 1. The van der Waals surface area contributed by atoms with E-state index in [2.05, 4.69) is 5.32 Å². The number of carbonyl (C=O) groups is 1. The Morgan fingerprint density at radius 2 is 1.57 bits per heavy atom. The number of carbonyl (C=O) groups excluding carboxylic acids is 1. The zero-order valence-electron chi connectivity index (χ0n) is 15.6. The van der Waals surface area contributed by atoms with Gasteiger partial charge in [0.1, 0.15) is 12.0 Å². The first-order chi connectivity index (χ1) is 13.9. The van der Waals surface area contributed by atoms with Gasteiger partial charge in [-0.05, 0) is 41.3 Å². The molecule has 1 N–H and O–H groups in total. The summed E-state index contributed by atoms with van der Waals surface area (Å²) in [6.45, 7) is 0.114. The van der Waals surface area contributed by atoms with Crippen LogP contribution in [-0.4, -0.2) is 24.5 Å². The molecule has 0 bridgehead atoms. The summed E-state index contributed by atoms with van der Waals surface area (Å²) in [7, 11) is 0. The van der Waals surface area contributed by atoms with E-state index in [-0.39, 0.29) is 48.8 Å². The van der Waals surface area contributed by atoms with Crippen LogP contribution in [-0.2, 0) is 23.6 Å². The maximum Gasteiger partial charge on any atom is 0.416 e. The molecule has 1 fully saturated rings. The lowest BCUT2D eigenvalue weighted by Crippen LogP contribution is -2.30. The molecule has 2 aromatic rings. The van der Waals surface area contributed by atoms with E-state index < -0.39 is 35.7 Å². The van der Waals surface area contributed by atoms with Crippen molar-refractivity contribution in [3.05, 3.63) is 59.2 Å². The van der Waals surface area contributed by atoms with E-state index in [4.69, 9.17) is 0 Å². The molecule has 0 aromatic heterocycles. The van der Waals surface area contributed by atoms with Gasteiger partial charge in [-0.2, -0.15) is 26.3 Å². The zero-order valence-corrected chi connectivity index (χ0v) is 15.6. The Morgan fingerprint density at radius 1 is 0.933 bits per heavy atom. The van der Waals surface area contributed by atoms with Crippen molar-refractivity contribution in [3.8, 4) is 11.1 Å². The molecular weight excluding hydrogens is 415 g/mol. The second kappa shape index (κ2) is 8.37. The van der Waals surface area contributed by atoms with Crippen LogP contribution in [0, 0.1) is 0 Å². The van der Waals surface area contributed by atoms with Crippen molar-refractivity contribution >= 4 is 5.78 Å². The van der Waals surface area contributed by atoms with Crippen LogP contribution >= 0.6 is 0 Å². The summed E-state index contributed by atoms with van der Waals surface area (Å²) in [5.41, 5.74) is -2.23. The van der Waals surface area contributed by atoms with Gasteiger partial charge in [0.25, 0.3) is 0 Å². The Bertz CT molecular complexity index is 888. The van der Waals surface area contributed by atoms with Gasteiger partial charge in [0, 0.05) is 19.4 Å². The third kappa shape index (κ3) is 5.38. The molecule has 0 amide bonds. The third-order valence-corrected chi connectivity index (χ3v) is 4.97. The second-order valence-corrected chi connectivity index (χ2v) is 7.26. The maximum atomic E-state index is 13.2. The normalized spacial score (nSPS) is 19.8. The predicted octanol–water partition coefficient (Wildman–Crippen LogP) is 5.59. The standard InChI is InChI=1S/C21H18F7NO/c22-17-10-18(29-11-17)19(30)5-4-12-2-1-3-13(6-12)14-7-15(20(23,24)25)9-16(8-14)21(26,27)28/h1-3,6-9,17-18,29H,4-5,10-11H2/t17-,18-/m0/s1. The number of rotatable bonds is 5. The molecular formula is C21H18F7NO. The predicted molar refractivity (Wildman–Crippen MR) is 96.5 cm³/mol. The monoisotopic (exact) mass is 433 g/mol. The van der Waals surface area contributed by atoms with Gasteiger partial charge in [-0.1, -0.05) is 24.3 Å².